The third-order valence-corrected chi connectivity index (χ3v) is 1.51. The molecule has 3 nitrogen and oxygen atoms in total. The summed E-state index contributed by atoms with van der Waals surface area (Å²) in [6.45, 7) is 0. The largest absolute Gasteiger partial charge is 0.478 e. The SMILES string of the molecule is O=C(O)/C=C/c1cncc(C(F)(F)F)c1. The lowest BCUT2D eigenvalue weighted by molar-refractivity contribution is -0.137. The van der Waals surface area contributed by atoms with E-state index in [4.69, 9.17) is 5.11 Å². The van der Waals surface area contributed by atoms with Gasteiger partial charge in [-0.2, -0.15) is 13.2 Å². The fourth-order valence-corrected chi connectivity index (χ4v) is 0.871. The first-order valence-electron chi connectivity index (χ1n) is 3.83. The topological polar surface area (TPSA) is 50.2 Å². The van der Waals surface area contributed by atoms with E-state index in [1.807, 2.05) is 0 Å². The molecule has 0 atom stereocenters. The number of pyridine rings is 1. The van der Waals surface area contributed by atoms with Crippen LogP contribution in [-0.4, -0.2) is 16.1 Å². The minimum Gasteiger partial charge on any atom is -0.478 e. The van der Waals surface area contributed by atoms with Crippen LogP contribution < -0.4 is 0 Å². The Morgan fingerprint density at radius 1 is 1.40 bits per heavy atom. The summed E-state index contributed by atoms with van der Waals surface area (Å²) in [7, 11) is 0. The van der Waals surface area contributed by atoms with Crippen LogP contribution in [0.2, 0.25) is 0 Å². The average molecular weight is 217 g/mol. The fraction of sp³-hybridized carbons (Fsp3) is 0.111. The zero-order chi connectivity index (χ0) is 11.5. The average Bonchev–Trinajstić information content (AvgIpc) is 2.14. The van der Waals surface area contributed by atoms with Gasteiger partial charge >= 0.3 is 12.1 Å². The van der Waals surface area contributed by atoms with Gasteiger partial charge in [0.05, 0.1) is 5.56 Å². The standard InChI is InChI=1S/C9H6F3NO2/c10-9(11,12)7-3-6(4-13-5-7)1-2-8(14)15/h1-5H,(H,14,15)/b2-1+. The summed E-state index contributed by atoms with van der Waals surface area (Å²) in [5.74, 6) is -1.23. The quantitative estimate of drug-likeness (QED) is 0.772. The van der Waals surface area contributed by atoms with Gasteiger partial charge in [-0.25, -0.2) is 4.79 Å². The molecule has 1 heterocycles. The number of carboxylic acids is 1. The molecule has 1 aromatic heterocycles. The smallest absolute Gasteiger partial charge is 0.417 e. The molecule has 1 aromatic rings. The summed E-state index contributed by atoms with van der Waals surface area (Å²) in [5, 5.41) is 8.27. The summed E-state index contributed by atoms with van der Waals surface area (Å²) >= 11 is 0. The van der Waals surface area contributed by atoms with Crippen molar-refractivity contribution in [1.82, 2.24) is 4.98 Å². The molecule has 0 fully saturated rings. The molecule has 0 aliphatic carbocycles. The lowest BCUT2D eigenvalue weighted by Gasteiger charge is -2.05. The molecule has 0 aliphatic rings. The van der Waals surface area contributed by atoms with Crippen molar-refractivity contribution in [3.05, 3.63) is 35.7 Å². The molecule has 1 N–H and O–H groups in total. The van der Waals surface area contributed by atoms with E-state index in [0.29, 0.717) is 6.20 Å². The minimum atomic E-state index is -4.47. The molecule has 0 saturated heterocycles. The van der Waals surface area contributed by atoms with E-state index < -0.39 is 17.7 Å². The van der Waals surface area contributed by atoms with E-state index in [1.165, 1.54) is 0 Å². The predicted molar refractivity (Wildman–Crippen MR) is 45.9 cm³/mol. The molecule has 0 aromatic carbocycles. The molecule has 6 heteroatoms. The van der Waals surface area contributed by atoms with Crippen LogP contribution in [0.25, 0.3) is 6.08 Å². The number of aromatic nitrogens is 1. The molecule has 0 amide bonds. The van der Waals surface area contributed by atoms with Crippen LogP contribution in [0.3, 0.4) is 0 Å². The molecule has 0 spiro atoms. The van der Waals surface area contributed by atoms with Crippen molar-refractivity contribution in [2.45, 2.75) is 6.18 Å². The molecule has 0 saturated carbocycles. The molecule has 80 valence electrons. The van der Waals surface area contributed by atoms with Gasteiger partial charge in [-0.1, -0.05) is 0 Å². The highest BCUT2D eigenvalue weighted by Crippen LogP contribution is 2.28. The number of halogens is 3. The van der Waals surface area contributed by atoms with Crippen LogP contribution in [0.15, 0.2) is 24.5 Å². The second-order valence-corrected chi connectivity index (χ2v) is 2.68. The van der Waals surface area contributed by atoms with Gasteiger partial charge in [0.1, 0.15) is 0 Å². The highest BCUT2D eigenvalue weighted by Gasteiger charge is 2.30. The summed E-state index contributed by atoms with van der Waals surface area (Å²) in [6.07, 6.45) is -0.853. The summed E-state index contributed by atoms with van der Waals surface area (Å²) < 4.78 is 36.6. The summed E-state index contributed by atoms with van der Waals surface area (Å²) in [5.41, 5.74) is -0.817. The van der Waals surface area contributed by atoms with Gasteiger partial charge in [-0.15, -0.1) is 0 Å². The number of hydrogen-bond acceptors (Lipinski definition) is 2. The monoisotopic (exact) mass is 217 g/mol. The zero-order valence-electron chi connectivity index (χ0n) is 7.32. The maximum Gasteiger partial charge on any atom is 0.417 e. The van der Waals surface area contributed by atoms with Gasteiger partial charge < -0.3 is 5.11 Å². The minimum absolute atomic E-state index is 0.0900. The number of alkyl halides is 3. The Labute approximate surface area is 82.9 Å². The number of aliphatic carboxylic acids is 1. The Hall–Kier alpha value is -1.85. The highest BCUT2D eigenvalue weighted by molar-refractivity contribution is 5.85. The van der Waals surface area contributed by atoms with Crippen molar-refractivity contribution >= 4 is 12.0 Å². The molecular formula is C9H6F3NO2. The van der Waals surface area contributed by atoms with Crippen molar-refractivity contribution in [1.29, 1.82) is 0 Å². The molecule has 0 bridgehead atoms. The van der Waals surface area contributed by atoms with Crippen LogP contribution in [0, 0.1) is 0 Å². The van der Waals surface area contributed by atoms with Gasteiger partial charge in [-0.3, -0.25) is 4.98 Å². The van der Waals surface area contributed by atoms with E-state index in [1.54, 1.807) is 0 Å². The first-order chi connectivity index (χ1) is 6.89. The van der Waals surface area contributed by atoms with Crippen molar-refractivity contribution < 1.29 is 23.1 Å². The van der Waals surface area contributed by atoms with E-state index >= 15 is 0 Å². The Bertz CT molecular complexity index is 399. The molecule has 0 unspecified atom stereocenters. The Kier molecular flexibility index (Phi) is 3.08. The number of hydrogen-bond donors (Lipinski definition) is 1. The lowest BCUT2D eigenvalue weighted by atomic mass is 10.2. The van der Waals surface area contributed by atoms with E-state index in [0.717, 1.165) is 24.4 Å². The summed E-state index contributed by atoms with van der Waals surface area (Å²) in [6, 6.07) is 0.826. The molecule has 0 radical (unpaired) electrons. The first kappa shape index (κ1) is 11.2. The Morgan fingerprint density at radius 2 is 2.07 bits per heavy atom. The van der Waals surface area contributed by atoms with Crippen molar-refractivity contribution in [2.24, 2.45) is 0 Å². The first-order valence-corrected chi connectivity index (χ1v) is 3.83. The van der Waals surface area contributed by atoms with Crippen LogP contribution in [0.1, 0.15) is 11.1 Å². The third-order valence-electron chi connectivity index (χ3n) is 1.51. The predicted octanol–water partition coefficient (Wildman–Crippen LogP) is 2.20. The number of carboxylic acid groups (broad SMARTS) is 1. The number of nitrogens with zero attached hydrogens (tertiary/aromatic N) is 1. The van der Waals surface area contributed by atoms with Gasteiger partial charge in [0.25, 0.3) is 0 Å². The second-order valence-electron chi connectivity index (χ2n) is 2.68. The second kappa shape index (κ2) is 4.12. The highest BCUT2D eigenvalue weighted by atomic mass is 19.4. The summed E-state index contributed by atoms with van der Waals surface area (Å²) in [4.78, 5) is 13.5. The molecular weight excluding hydrogens is 211 g/mol. The maximum absolute atomic E-state index is 12.2. The van der Waals surface area contributed by atoms with E-state index in [9.17, 15) is 18.0 Å². The van der Waals surface area contributed by atoms with Gasteiger partial charge in [-0.05, 0) is 17.7 Å². The van der Waals surface area contributed by atoms with Crippen LogP contribution in [0.5, 0.6) is 0 Å². The van der Waals surface area contributed by atoms with Crippen LogP contribution in [0.4, 0.5) is 13.2 Å². The third kappa shape index (κ3) is 3.41. The van der Waals surface area contributed by atoms with Gasteiger partial charge in [0.2, 0.25) is 0 Å². The van der Waals surface area contributed by atoms with Crippen LogP contribution >= 0.6 is 0 Å². The van der Waals surface area contributed by atoms with Crippen molar-refractivity contribution in [2.75, 3.05) is 0 Å². The van der Waals surface area contributed by atoms with E-state index in [-0.39, 0.29) is 5.56 Å². The van der Waals surface area contributed by atoms with E-state index in [2.05, 4.69) is 4.98 Å². The zero-order valence-corrected chi connectivity index (χ0v) is 7.32. The van der Waals surface area contributed by atoms with Gasteiger partial charge in [0, 0.05) is 18.5 Å². The normalized spacial score (nSPS) is 11.9. The van der Waals surface area contributed by atoms with Gasteiger partial charge in [0.15, 0.2) is 0 Å². The lowest BCUT2D eigenvalue weighted by Crippen LogP contribution is -2.05. The Morgan fingerprint density at radius 3 is 2.60 bits per heavy atom. The molecule has 0 aliphatic heterocycles. The Balaban J connectivity index is 2.98. The van der Waals surface area contributed by atoms with Crippen LogP contribution in [-0.2, 0) is 11.0 Å². The fourth-order valence-electron chi connectivity index (χ4n) is 0.871. The number of rotatable bonds is 2. The van der Waals surface area contributed by atoms with Crippen molar-refractivity contribution in [3.8, 4) is 0 Å². The van der Waals surface area contributed by atoms with Crippen molar-refractivity contribution in [3.63, 3.8) is 0 Å². The molecule has 15 heavy (non-hydrogen) atoms. The molecule has 1 rings (SSSR count). The number of carbonyl (C=O) groups is 1. The maximum atomic E-state index is 12.2.